The van der Waals surface area contributed by atoms with Gasteiger partial charge in [0.05, 0.1) is 5.75 Å². The summed E-state index contributed by atoms with van der Waals surface area (Å²) in [6.07, 6.45) is 1.60. The number of ether oxygens (including phenoxy) is 1. The molecule has 0 bridgehead atoms. The first kappa shape index (κ1) is 25.8. The van der Waals surface area contributed by atoms with Gasteiger partial charge in [0.2, 0.25) is 5.91 Å². The molecule has 0 atom stereocenters. The minimum atomic E-state index is -0.0922. The van der Waals surface area contributed by atoms with Crippen molar-refractivity contribution >= 4 is 34.7 Å². The quantitative estimate of drug-likeness (QED) is 0.183. The molecular weight excluding hydrogens is 512 g/mol. The van der Waals surface area contributed by atoms with Crippen LogP contribution in [0.4, 0.5) is 5.69 Å². The summed E-state index contributed by atoms with van der Waals surface area (Å²) in [5.74, 6) is 1.82. The lowest BCUT2D eigenvalue weighted by Crippen LogP contribution is -2.15. The van der Waals surface area contributed by atoms with E-state index in [2.05, 4.69) is 55.8 Å². The van der Waals surface area contributed by atoms with E-state index in [1.807, 2.05) is 66.7 Å². The van der Waals surface area contributed by atoms with Gasteiger partial charge in [0.15, 0.2) is 5.16 Å². The molecule has 3 aromatic carbocycles. The molecule has 0 saturated carbocycles. The van der Waals surface area contributed by atoms with E-state index >= 15 is 0 Å². The highest BCUT2D eigenvalue weighted by molar-refractivity contribution is 7.99. The fourth-order valence-corrected chi connectivity index (χ4v) is 5.42. The maximum atomic E-state index is 12.7. The van der Waals surface area contributed by atoms with E-state index in [0.717, 1.165) is 47.4 Å². The number of anilines is 1. The van der Waals surface area contributed by atoms with Crippen LogP contribution in [0.2, 0.25) is 0 Å². The van der Waals surface area contributed by atoms with Gasteiger partial charge in [0.25, 0.3) is 0 Å². The Hall–Kier alpha value is -3.88. The van der Waals surface area contributed by atoms with Crippen molar-refractivity contribution < 1.29 is 9.53 Å². The summed E-state index contributed by atoms with van der Waals surface area (Å²) in [5, 5.41) is 14.7. The molecule has 0 aliphatic carbocycles. The van der Waals surface area contributed by atoms with Gasteiger partial charge in [-0.2, -0.15) is 0 Å². The van der Waals surface area contributed by atoms with Crippen molar-refractivity contribution in [3.63, 3.8) is 0 Å². The minimum absolute atomic E-state index is 0.0922. The first-order valence-corrected chi connectivity index (χ1v) is 14.3. The van der Waals surface area contributed by atoms with Crippen molar-refractivity contribution in [2.24, 2.45) is 0 Å². The van der Waals surface area contributed by atoms with E-state index in [0.29, 0.717) is 6.61 Å². The highest BCUT2D eigenvalue weighted by Gasteiger charge is 2.15. The molecular formula is C30H28N4O2S2. The van der Waals surface area contributed by atoms with Crippen LogP contribution in [0.1, 0.15) is 21.8 Å². The Bertz CT molecular complexity index is 1420. The number of benzene rings is 3. The third kappa shape index (κ3) is 7.34. The molecule has 2 heterocycles. The van der Waals surface area contributed by atoms with Gasteiger partial charge in [-0.15, -0.1) is 21.5 Å². The molecule has 0 spiro atoms. The minimum Gasteiger partial charge on any atom is -0.489 e. The third-order valence-electron chi connectivity index (χ3n) is 5.89. The summed E-state index contributed by atoms with van der Waals surface area (Å²) in [6, 6.07) is 32.0. The van der Waals surface area contributed by atoms with E-state index < -0.39 is 0 Å². The molecule has 192 valence electrons. The van der Waals surface area contributed by atoms with Crippen LogP contribution in [0.15, 0.2) is 108 Å². The van der Waals surface area contributed by atoms with Gasteiger partial charge in [0, 0.05) is 23.5 Å². The maximum Gasteiger partial charge on any atom is 0.234 e. The normalized spacial score (nSPS) is 10.8. The molecule has 8 heteroatoms. The summed E-state index contributed by atoms with van der Waals surface area (Å²) in [6.45, 7) is 1.26. The van der Waals surface area contributed by atoms with Gasteiger partial charge < -0.3 is 14.6 Å². The Balaban J connectivity index is 1.17. The summed E-state index contributed by atoms with van der Waals surface area (Å²) in [7, 11) is 0. The number of thioether (sulfide) groups is 1. The SMILES string of the molecule is O=C(CSc1nnc(Cc2cccs2)n1CCc1ccccc1)Nc1ccc(OCc2ccccc2)cc1. The summed E-state index contributed by atoms with van der Waals surface area (Å²) in [5.41, 5.74) is 3.09. The van der Waals surface area contributed by atoms with Crippen LogP contribution in [0.3, 0.4) is 0 Å². The van der Waals surface area contributed by atoms with Gasteiger partial charge in [0.1, 0.15) is 18.2 Å². The molecule has 1 amide bonds. The molecule has 0 aliphatic heterocycles. The van der Waals surface area contributed by atoms with Gasteiger partial charge in [-0.05, 0) is 53.3 Å². The molecule has 0 radical (unpaired) electrons. The lowest BCUT2D eigenvalue weighted by Gasteiger charge is -2.11. The second-order valence-corrected chi connectivity index (χ2v) is 10.7. The predicted octanol–water partition coefficient (Wildman–Crippen LogP) is 6.48. The lowest BCUT2D eigenvalue weighted by molar-refractivity contribution is -0.113. The summed E-state index contributed by atoms with van der Waals surface area (Å²) in [4.78, 5) is 14.0. The number of thiophene rings is 1. The van der Waals surface area contributed by atoms with Crippen LogP contribution in [-0.2, 0) is 30.8 Å². The van der Waals surface area contributed by atoms with Crippen LogP contribution in [0.5, 0.6) is 5.75 Å². The maximum absolute atomic E-state index is 12.7. The Morgan fingerprint density at radius 1 is 0.868 bits per heavy atom. The molecule has 0 aliphatic rings. The zero-order chi connectivity index (χ0) is 26.0. The standard InChI is InChI=1S/C30H28N4O2S2/c35-29(31-25-13-15-26(16-14-25)36-21-24-10-5-2-6-11-24)22-38-30-33-32-28(20-27-12-7-19-37-27)34(30)18-17-23-8-3-1-4-9-23/h1-16,19H,17-18,20-22H2,(H,31,35). The van der Waals surface area contributed by atoms with E-state index in [-0.39, 0.29) is 11.7 Å². The Morgan fingerprint density at radius 2 is 1.61 bits per heavy atom. The number of hydrogen-bond acceptors (Lipinski definition) is 6. The molecule has 0 fully saturated rings. The van der Waals surface area contributed by atoms with Gasteiger partial charge in [-0.1, -0.05) is 78.5 Å². The number of carbonyl (C=O) groups is 1. The van der Waals surface area contributed by atoms with Crippen molar-refractivity contribution in [3.05, 3.63) is 124 Å². The molecule has 2 aromatic heterocycles. The molecule has 5 rings (SSSR count). The number of carbonyl (C=O) groups excluding carboxylic acids is 1. The Morgan fingerprint density at radius 3 is 2.32 bits per heavy atom. The number of amides is 1. The zero-order valence-electron chi connectivity index (χ0n) is 20.8. The molecule has 38 heavy (non-hydrogen) atoms. The molecule has 5 aromatic rings. The topological polar surface area (TPSA) is 69.0 Å². The van der Waals surface area contributed by atoms with Gasteiger partial charge in [-0.3, -0.25) is 4.79 Å². The largest absolute Gasteiger partial charge is 0.489 e. The first-order valence-electron chi connectivity index (χ1n) is 12.4. The van der Waals surface area contributed by atoms with E-state index in [1.54, 1.807) is 11.3 Å². The number of rotatable bonds is 12. The zero-order valence-corrected chi connectivity index (χ0v) is 22.5. The van der Waals surface area contributed by atoms with Crippen molar-refractivity contribution in [2.45, 2.75) is 31.1 Å². The van der Waals surface area contributed by atoms with Crippen LogP contribution >= 0.6 is 23.1 Å². The third-order valence-corrected chi connectivity index (χ3v) is 7.73. The Kier molecular flexibility index (Phi) is 8.86. The summed E-state index contributed by atoms with van der Waals surface area (Å²) >= 11 is 3.12. The van der Waals surface area contributed by atoms with E-state index in [4.69, 9.17) is 4.74 Å². The summed E-state index contributed by atoms with van der Waals surface area (Å²) < 4.78 is 7.97. The smallest absolute Gasteiger partial charge is 0.234 e. The lowest BCUT2D eigenvalue weighted by atomic mass is 10.1. The Labute approximate surface area is 230 Å². The van der Waals surface area contributed by atoms with Crippen LogP contribution in [0, 0.1) is 0 Å². The van der Waals surface area contributed by atoms with Crippen LogP contribution in [-0.4, -0.2) is 26.4 Å². The number of nitrogens with zero attached hydrogens (tertiary/aromatic N) is 3. The average Bonchev–Trinajstić information content (AvgIpc) is 3.61. The highest BCUT2D eigenvalue weighted by Crippen LogP contribution is 2.22. The van der Waals surface area contributed by atoms with Crippen LogP contribution < -0.4 is 10.1 Å². The first-order chi connectivity index (χ1) is 18.7. The van der Waals surface area contributed by atoms with E-state index in [9.17, 15) is 4.79 Å². The fourth-order valence-electron chi connectivity index (χ4n) is 3.94. The van der Waals surface area contributed by atoms with Crippen molar-refractivity contribution in [1.29, 1.82) is 0 Å². The molecule has 0 saturated heterocycles. The number of hydrogen-bond donors (Lipinski definition) is 1. The van der Waals surface area contributed by atoms with Crippen LogP contribution in [0.25, 0.3) is 0 Å². The van der Waals surface area contributed by atoms with Gasteiger partial charge in [-0.25, -0.2) is 0 Å². The molecule has 1 N–H and O–H groups in total. The van der Waals surface area contributed by atoms with Gasteiger partial charge >= 0.3 is 0 Å². The van der Waals surface area contributed by atoms with Crippen molar-refractivity contribution in [1.82, 2.24) is 14.8 Å². The average molecular weight is 541 g/mol. The highest BCUT2D eigenvalue weighted by atomic mass is 32.2. The number of aromatic nitrogens is 3. The van der Waals surface area contributed by atoms with Crippen molar-refractivity contribution in [2.75, 3.05) is 11.1 Å². The van der Waals surface area contributed by atoms with E-state index in [1.165, 1.54) is 22.2 Å². The monoisotopic (exact) mass is 540 g/mol. The molecule has 0 unspecified atom stereocenters. The van der Waals surface area contributed by atoms with Crippen molar-refractivity contribution in [3.8, 4) is 5.75 Å². The number of aryl methyl sites for hydroxylation is 1. The number of nitrogens with one attached hydrogen (secondary N) is 1. The predicted molar refractivity (Wildman–Crippen MR) is 154 cm³/mol. The molecule has 6 nitrogen and oxygen atoms in total. The second kappa shape index (κ2) is 13.1. The fraction of sp³-hybridized carbons (Fsp3) is 0.167. The second-order valence-electron chi connectivity index (χ2n) is 8.68.